The van der Waals surface area contributed by atoms with Gasteiger partial charge in [0.25, 0.3) is 0 Å². The molecule has 3 rings (SSSR count). The number of anilines is 1. The van der Waals surface area contributed by atoms with Crippen molar-refractivity contribution in [3.05, 3.63) is 41.6 Å². The van der Waals surface area contributed by atoms with Crippen LogP contribution < -0.4 is 5.32 Å². The van der Waals surface area contributed by atoms with Gasteiger partial charge in [-0.25, -0.2) is 0 Å². The summed E-state index contributed by atoms with van der Waals surface area (Å²) in [4.78, 5) is 4.46. The van der Waals surface area contributed by atoms with E-state index in [0.29, 0.717) is 0 Å². The topological polar surface area (TPSA) is 24.9 Å². The number of hydrogen-bond donors (Lipinski definition) is 1. The minimum absolute atomic E-state index is 0.891. The Morgan fingerprint density at radius 3 is 3.13 bits per heavy atom. The van der Waals surface area contributed by atoms with E-state index in [1.165, 1.54) is 22.2 Å². The van der Waals surface area contributed by atoms with Gasteiger partial charge in [0.05, 0.1) is 11.2 Å². The van der Waals surface area contributed by atoms with Gasteiger partial charge < -0.3 is 5.32 Å². The van der Waals surface area contributed by atoms with Crippen LogP contribution in [0.4, 0.5) is 5.69 Å². The molecule has 0 bridgehead atoms. The van der Waals surface area contributed by atoms with Crippen molar-refractivity contribution in [2.24, 2.45) is 0 Å². The van der Waals surface area contributed by atoms with Crippen molar-refractivity contribution in [2.75, 3.05) is 11.9 Å². The summed E-state index contributed by atoms with van der Waals surface area (Å²) in [5, 5.41) is 4.62. The Kier molecular flexibility index (Phi) is 1.75. The third kappa shape index (κ3) is 1.22. The summed E-state index contributed by atoms with van der Waals surface area (Å²) in [7, 11) is 0. The van der Waals surface area contributed by atoms with Crippen LogP contribution in [-0.4, -0.2) is 11.5 Å². The van der Waals surface area contributed by atoms with E-state index < -0.39 is 0 Å². The molecule has 74 valence electrons. The highest BCUT2D eigenvalue weighted by atomic mass is 14.9. The van der Waals surface area contributed by atoms with Crippen molar-refractivity contribution in [1.29, 1.82) is 0 Å². The van der Waals surface area contributed by atoms with Gasteiger partial charge in [-0.1, -0.05) is 24.3 Å². The molecule has 0 fully saturated rings. The molecule has 0 amide bonds. The second-order valence-corrected chi connectivity index (χ2v) is 3.84. The molecular formula is C13H12N2. The number of pyridine rings is 1. The molecule has 0 unspecified atom stereocenters. The smallest absolute Gasteiger partial charge is 0.0942 e. The normalized spacial score (nSPS) is 13.7. The van der Waals surface area contributed by atoms with Crippen LogP contribution >= 0.6 is 0 Å². The van der Waals surface area contributed by atoms with Gasteiger partial charge in [0.2, 0.25) is 0 Å². The standard InChI is InChI=1S/C13H12N2/c1-9-6-8-15-13-11(9)5-4-10-3-2-7-14-12(10)13/h2-6,8,14H,7H2,1H3. The van der Waals surface area contributed by atoms with E-state index in [2.05, 4.69) is 41.5 Å². The molecule has 1 N–H and O–H groups in total. The number of fused-ring (bicyclic) bond motifs is 3. The number of aromatic nitrogens is 1. The third-order valence-corrected chi connectivity index (χ3v) is 2.86. The van der Waals surface area contributed by atoms with Crippen LogP contribution in [0.1, 0.15) is 11.1 Å². The van der Waals surface area contributed by atoms with Crippen molar-refractivity contribution >= 4 is 22.7 Å². The van der Waals surface area contributed by atoms with E-state index in [4.69, 9.17) is 0 Å². The summed E-state index contributed by atoms with van der Waals surface area (Å²) < 4.78 is 0. The first-order valence-corrected chi connectivity index (χ1v) is 5.15. The summed E-state index contributed by atoms with van der Waals surface area (Å²) in [5.41, 5.74) is 4.75. The maximum atomic E-state index is 4.46. The predicted molar refractivity (Wildman–Crippen MR) is 64.0 cm³/mol. The number of nitrogens with one attached hydrogen (secondary N) is 1. The Morgan fingerprint density at radius 1 is 1.27 bits per heavy atom. The lowest BCUT2D eigenvalue weighted by molar-refractivity contribution is 1.29. The number of rotatable bonds is 0. The average Bonchev–Trinajstić information content (AvgIpc) is 2.29. The Hall–Kier alpha value is -1.83. The maximum Gasteiger partial charge on any atom is 0.0942 e. The summed E-state index contributed by atoms with van der Waals surface area (Å²) in [6, 6.07) is 6.34. The van der Waals surface area contributed by atoms with Crippen molar-refractivity contribution in [3.8, 4) is 0 Å². The minimum Gasteiger partial charge on any atom is -0.379 e. The van der Waals surface area contributed by atoms with E-state index in [9.17, 15) is 0 Å². The number of benzene rings is 1. The number of hydrogen-bond acceptors (Lipinski definition) is 2. The molecule has 0 saturated heterocycles. The van der Waals surface area contributed by atoms with Crippen molar-refractivity contribution in [2.45, 2.75) is 6.92 Å². The molecule has 1 aliphatic heterocycles. The first kappa shape index (κ1) is 8.48. The van der Waals surface area contributed by atoms with Crippen molar-refractivity contribution in [1.82, 2.24) is 4.98 Å². The largest absolute Gasteiger partial charge is 0.379 e. The van der Waals surface area contributed by atoms with Gasteiger partial charge >= 0.3 is 0 Å². The lowest BCUT2D eigenvalue weighted by Gasteiger charge is -2.15. The zero-order chi connectivity index (χ0) is 10.3. The molecule has 1 aromatic carbocycles. The fourth-order valence-corrected chi connectivity index (χ4v) is 2.04. The first-order valence-electron chi connectivity index (χ1n) is 5.15. The van der Waals surface area contributed by atoms with Crippen LogP contribution in [0.25, 0.3) is 17.0 Å². The monoisotopic (exact) mass is 196 g/mol. The molecule has 2 heteroatoms. The lowest BCUT2D eigenvalue weighted by Crippen LogP contribution is -2.05. The third-order valence-electron chi connectivity index (χ3n) is 2.86. The Morgan fingerprint density at radius 2 is 2.20 bits per heavy atom. The summed E-state index contributed by atoms with van der Waals surface area (Å²) in [5.74, 6) is 0. The zero-order valence-corrected chi connectivity index (χ0v) is 8.62. The van der Waals surface area contributed by atoms with Gasteiger partial charge in [0.15, 0.2) is 0 Å². The average molecular weight is 196 g/mol. The summed E-state index contributed by atoms with van der Waals surface area (Å²) >= 11 is 0. The van der Waals surface area contributed by atoms with E-state index >= 15 is 0 Å². The highest BCUT2D eigenvalue weighted by Crippen LogP contribution is 2.30. The molecule has 1 aliphatic rings. The Balaban J connectivity index is 2.42. The minimum atomic E-state index is 0.891. The molecule has 2 heterocycles. The van der Waals surface area contributed by atoms with Crippen LogP contribution in [0, 0.1) is 6.92 Å². The van der Waals surface area contributed by atoms with Crippen LogP contribution in [0.5, 0.6) is 0 Å². The second kappa shape index (κ2) is 3.09. The van der Waals surface area contributed by atoms with Crippen molar-refractivity contribution in [3.63, 3.8) is 0 Å². The van der Waals surface area contributed by atoms with Crippen LogP contribution in [0.3, 0.4) is 0 Å². The predicted octanol–water partition coefficient (Wildman–Crippen LogP) is 2.98. The van der Waals surface area contributed by atoms with Gasteiger partial charge in [0, 0.05) is 18.1 Å². The SMILES string of the molecule is Cc1ccnc2c3c(ccc12)C=CCN3. The second-order valence-electron chi connectivity index (χ2n) is 3.84. The fraction of sp³-hybridized carbons (Fsp3) is 0.154. The van der Waals surface area contributed by atoms with Crippen molar-refractivity contribution < 1.29 is 0 Å². The molecule has 15 heavy (non-hydrogen) atoms. The van der Waals surface area contributed by atoms with E-state index in [1.807, 2.05) is 12.3 Å². The molecule has 0 spiro atoms. The molecule has 0 atom stereocenters. The highest BCUT2D eigenvalue weighted by Gasteiger charge is 2.09. The highest BCUT2D eigenvalue weighted by molar-refractivity contribution is 5.97. The molecule has 0 aliphatic carbocycles. The van der Waals surface area contributed by atoms with E-state index in [0.717, 1.165) is 12.1 Å². The van der Waals surface area contributed by atoms with Gasteiger partial charge in [-0.2, -0.15) is 0 Å². The van der Waals surface area contributed by atoms with Gasteiger partial charge in [-0.15, -0.1) is 0 Å². The lowest BCUT2D eigenvalue weighted by atomic mass is 10.0. The van der Waals surface area contributed by atoms with E-state index in [-0.39, 0.29) is 0 Å². The van der Waals surface area contributed by atoms with Crippen LogP contribution in [0.2, 0.25) is 0 Å². The fourth-order valence-electron chi connectivity index (χ4n) is 2.04. The molecular weight excluding hydrogens is 184 g/mol. The van der Waals surface area contributed by atoms with E-state index in [1.54, 1.807) is 0 Å². The van der Waals surface area contributed by atoms with Crippen LogP contribution in [0.15, 0.2) is 30.5 Å². The Bertz CT molecular complexity index is 556. The first-order chi connectivity index (χ1) is 7.36. The summed E-state index contributed by atoms with van der Waals surface area (Å²) in [6.07, 6.45) is 6.15. The molecule has 1 aromatic heterocycles. The zero-order valence-electron chi connectivity index (χ0n) is 8.62. The molecule has 2 aromatic rings. The van der Waals surface area contributed by atoms with Gasteiger partial charge in [0.1, 0.15) is 0 Å². The van der Waals surface area contributed by atoms with Crippen LogP contribution in [-0.2, 0) is 0 Å². The quantitative estimate of drug-likeness (QED) is 0.700. The maximum absolute atomic E-state index is 4.46. The number of nitrogens with zero attached hydrogens (tertiary/aromatic N) is 1. The molecule has 2 nitrogen and oxygen atoms in total. The number of aryl methyl sites for hydroxylation is 1. The molecule has 0 radical (unpaired) electrons. The summed E-state index contributed by atoms with van der Waals surface area (Å²) in [6.45, 7) is 3.01. The Labute approximate surface area is 88.6 Å². The van der Waals surface area contributed by atoms with Gasteiger partial charge in [-0.3, -0.25) is 4.98 Å². The van der Waals surface area contributed by atoms with Gasteiger partial charge in [-0.05, 0) is 24.1 Å². The molecule has 0 saturated carbocycles.